The molecule has 0 aromatic heterocycles. The third-order valence-electron chi connectivity index (χ3n) is 5.69. The standard InChI is InChI=1S/C28H31ClN2O4/c1-35-25-14-10-23(11-15-25)20-31(27(33)19-22-8-12-24(29)13-9-22)26(28(34)30-16-5-17-32)18-21-6-3-2-4-7-21/h2-4,6-15,26,32H,5,16-20H2,1H3,(H,30,34)/t26-/m1/s1. The van der Waals surface area contributed by atoms with Crippen LogP contribution in [0.2, 0.25) is 5.02 Å². The van der Waals surface area contributed by atoms with Crippen molar-refractivity contribution in [2.45, 2.75) is 31.8 Å². The van der Waals surface area contributed by atoms with Gasteiger partial charge >= 0.3 is 0 Å². The van der Waals surface area contributed by atoms with Crippen LogP contribution in [0.5, 0.6) is 5.75 Å². The Kier molecular flexibility index (Phi) is 10.1. The van der Waals surface area contributed by atoms with Gasteiger partial charge in [-0.15, -0.1) is 0 Å². The predicted molar refractivity (Wildman–Crippen MR) is 137 cm³/mol. The second-order valence-electron chi connectivity index (χ2n) is 8.25. The molecule has 0 fully saturated rings. The molecule has 3 rings (SSSR count). The topological polar surface area (TPSA) is 78.9 Å². The zero-order valence-corrected chi connectivity index (χ0v) is 20.6. The highest BCUT2D eigenvalue weighted by atomic mass is 35.5. The summed E-state index contributed by atoms with van der Waals surface area (Å²) in [5, 5.41) is 12.6. The van der Waals surface area contributed by atoms with Crippen LogP contribution >= 0.6 is 11.6 Å². The largest absolute Gasteiger partial charge is 0.497 e. The number of ether oxygens (including phenoxy) is 1. The molecule has 7 heteroatoms. The minimum absolute atomic E-state index is 0.0192. The van der Waals surface area contributed by atoms with Crippen molar-refractivity contribution in [2.75, 3.05) is 20.3 Å². The Morgan fingerprint density at radius 2 is 1.60 bits per heavy atom. The second-order valence-corrected chi connectivity index (χ2v) is 8.68. The highest BCUT2D eigenvalue weighted by molar-refractivity contribution is 6.30. The smallest absolute Gasteiger partial charge is 0.243 e. The molecular formula is C28H31ClN2O4. The van der Waals surface area contributed by atoms with Crippen LogP contribution in [-0.4, -0.2) is 48.1 Å². The van der Waals surface area contributed by atoms with Gasteiger partial charge in [0.05, 0.1) is 13.5 Å². The zero-order chi connectivity index (χ0) is 25.0. The van der Waals surface area contributed by atoms with Crippen molar-refractivity contribution >= 4 is 23.4 Å². The van der Waals surface area contributed by atoms with E-state index in [1.807, 2.05) is 66.7 Å². The lowest BCUT2D eigenvalue weighted by molar-refractivity contribution is -0.140. The SMILES string of the molecule is COc1ccc(CN(C(=O)Cc2ccc(Cl)cc2)[C@H](Cc2ccccc2)C(=O)NCCCO)cc1. The minimum atomic E-state index is -0.724. The van der Waals surface area contributed by atoms with E-state index in [4.69, 9.17) is 21.4 Å². The first-order valence-electron chi connectivity index (χ1n) is 11.6. The summed E-state index contributed by atoms with van der Waals surface area (Å²) < 4.78 is 5.25. The van der Waals surface area contributed by atoms with Crippen LogP contribution in [0.4, 0.5) is 0 Å². The molecule has 0 saturated heterocycles. The number of hydrogen-bond donors (Lipinski definition) is 2. The fourth-order valence-electron chi connectivity index (χ4n) is 3.77. The van der Waals surface area contributed by atoms with Crippen molar-refractivity contribution in [3.63, 3.8) is 0 Å². The van der Waals surface area contributed by atoms with Crippen LogP contribution in [-0.2, 0) is 29.0 Å². The van der Waals surface area contributed by atoms with Crippen LogP contribution in [0.3, 0.4) is 0 Å². The third kappa shape index (κ3) is 8.12. The first-order valence-corrected chi connectivity index (χ1v) is 12.0. The molecule has 2 amide bonds. The van der Waals surface area contributed by atoms with Crippen molar-refractivity contribution in [1.29, 1.82) is 0 Å². The number of methoxy groups -OCH3 is 1. The zero-order valence-electron chi connectivity index (χ0n) is 19.8. The van der Waals surface area contributed by atoms with E-state index in [0.29, 0.717) is 24.4 Å². The molecule has 0 heterocycles. The summed E-state index contributed by atoms with van der Waals surface area (Å²) in [5.74, 6) is 0.303. The number of amides is 2. The maximum Gasteiger partial charge on any atom is 0.243 e. The van der Waals surface area contributed by atoms with Gasteiger partial charge in [0.1, 0.15) is 11.8 Å². The fourth-order valence-corrected chi connectivity index (χ4v) is 3.89. The van der Waals surface area contributed by atoms with Gasteiger partial charge in [-0.05, 0) is 47.4 Å². The first kappa shape index (κ1) is 26.3. The molecule has 2 N–H and O–H groups in total. The summed E-state index contributed by atoms with van der Waals surface area (Å²) >= 11 is 6.01. The van der Waals surface area contributed by atoms with E-state index in [2.05, 4.69) is 5.32 Å². The highest BCUT2D eigenvalue weighted by Crippen LogP contribution is 2.19. The normalized spacial score (nSPS) is 11.5. The molecule has 0 aliphatic carbocycles. The Labute approximate surface area is 211 Å². The maximum absolute atomic E-state index is 13.6. The lowest BCUT2D eigenvalue weighted by Crippen LogP contribution is -2.51. The number of nitrogens with zero attached hydrogens (tertiary/aromatic N) is 1. The van der Waals surface area contributed by atoms with Crippen LogP contribution in [0.1, 0.15) is 23.1 Å². The van der Waals surface area contributed by atoms with E-state index in [1.165, 1.54) is 0 Å². The number of halogens is 1. The van der Waals surface area contributed by atoms with Gasteiger partial charge in [0, 0.05) is 31.1 Å². The fraction of sp³-hybridized carbons (Fsp3) is 0.286. The molecule has 0 unspecified atom stereocenters. The molecule has 3 aromatic carbocycles. The number of benzene rings is 3. The van der Waals surface area contributed by atoms with Crippen molar-refractivity contribution in [2.24, 2.45) is 0 Å². The molecule has 0 spiro atoms. The van der Waals surface area contributed by atoms with Crippen LogP contribution in [0, 0.1) is 0 Å². The summed E-state index contributed by atoms with van der Waals surface area (Å²) in [4.78, 5) is 28.6. The van der Waals surface area contributed by atoms with E-state index in [0.717, 1.165) is 22.4 Å². The lowest BCUT2D eigenvalue weighted by atomic mass is 10.0. The van der Waals surface area contributed by atoms with E-state index in [-0.39, 0.29) is 31.4 Å². The van der Waals surface area contributed by atoms with Gasteiger partial charge in [0.25, 0.3) is 0 Å². The number of hydrogen-bond acceptors (Lipinski definition) is 4. The van der Waals surface area contributed by atoms with Gasteiger partial charge in [-0.3, -0.25) is 9.59 Å². The third-order valence-corrected chi connectivity index (χ3v) is 5.94. The predicted octanol–water partition coefficient (Wildman–Crippen LogP) is 4.03. The molecule has 0 saturated carbocycles. The molecule has 1 atom stereocenters. The second kappa shape index (κ2) is 13.5. The molecule has 0 aliphatic heterocycles. The Morgan fingerprint density at radius 1 is 0.943 bits per heavy atom. The minimum Gasteiger partial charge on any atom is -0.497 e. The monoisotopic (exact) mass is 494 g/mol. The molecule has 0 bridgehead atoms. The summed E-state index contributed by atoms with van der Waals surface area (Å²) in [7, 11) is 1.60. The van der Waals surface area contributed by atoms with E-state index in [1.54, 1.807) is 24.1 Å². The number of aliphatic hydroxyl groups excluding tert-OH is 1. The van der Waals surface area contributed by atoms with Crippen molar-refractivity contribution in [3.8, 4) is 5.75 Å². The molecule has 3 aromatic rings. The first-order chi connectivity index (χ1) is 17.0. The Bertz CT molecular complexity index is 1070. The number of rotatable bonds is 12. The number of carbonyl (C=O) groups is 2. The van der Waals surface area contributed by atoms with E-state index >= 15 is 0 Å². The molecule has 0 aliphatic rings. The van der Waals surface area contributed by atoms with Crippen molar-refractivity contribution < 1.29 is 19.4 Å². The highest BCUT2D eigenvalue weighted by Gasteiger charge is 2.30. The van der Waals surface area contributed by atoms with Crippen LogP contribution in [0.15, 0.2) is 78.9 Å². The summed E-state index contributed by atoms with van der Waals surface area (Å²) in [5.41, 5.74) is 2.66. The lowest BCUT2D eigenvalue weighted by Gasteiger charge is -2.31. The van der Waals surface area contributed by atoms with E-state index in [9.17, 15) is 9.59 Å². The molecule has 35 heavy (non-hydrogen) atoms. The maximum atomic E-state index is 13.6. The van der Waals surface area contributed by atoms with Gasteiger partial charge in [-0.1, -0.05) is 66.2 Å². The summed E-state index contributed by atoms with van der Waals surface area (Å²) in [6.45, 7) is 0.582. The average Bonchev–Trinajstić information content (AvgIpc) is 2.88. The average molecular weight is 495 g/mol. The van der Waals surface area contributed by atoms with Gasteiger partial charge < -0.3 is 20.1 Å². The summed E-state index contributed by atoms with van der Waals surface area (Å²) in [6.07, 6.45) is 0.956. The molecule has 6 nitrogen and oxygen atoms in total. The van der Waals surface area contributed by atoms with Crippen molar-refractivity contribution in [1.82, 2.24) is 10.2 Å². The summed E-state index contributed by atoms with van der Waals surface area (Å²) in [6, 6.07) is 23.5. The molecule has 184 valence electrons. The van der Waals surface area contributed by atoms with Crippen LogP contribution in [0.25, 0.3) is 0 Å². The Morgan fingerprint density at radius 3 is 2.23 bits per heavy atom. The van der Waals surface area contributed by atoms with Gasteiger partial charge in [0.15, 0.2) is 0 Å². The van der Waals surface area contributed by atoms with E-state index < -0.39 is 6.04 Å². The number of aliphatic hydroxyl groups is 1. The molecule has 0 radical (unpaired) electrons. The Balaban J connectivity index is 1.92. The number of carbonyl (C=O) groups excluding carboxylic acids is 2. The van der Waals surface area contributed by atoms with Crippen LogP contribution < -0.4 is 10.1 Å². The van der Waals surface area contributed by atoms with Crippen molar-refractivity contribution in [3.05, 3.63) is 101 Å². The Hall–Kier alpha value is -3.35. The van der Waals surface area contributed by atoms with Gasteiger partial charge in [0.2, 0.25) is 11.8 Å². The quantitative estimate of drug-likeness (QED) is 0.373. The molecular weight excluding hydrogens is 464 g/mol. The van der Waals surface area contributed by atoms with Gasteiger partial charge in [-0.25, -0.2) is 0 Å². The van der Waals surface area contributed by atoms with Gasteiger partial charge in [-0.2, -0.15) is 0 Å². The number of nitrogens with one attached hydrogen (secondary N) is 1.